The quantitative estimate of drug-likeness (QED) is 0.785. The second-order valence-corrected chi connectivity index (χ2v) is 5.86. The van der Waals surface area contributed by atoms with Crippen LogP contribution < -0.4 is 0 Å². The van der Waals surface area contributed by atoms with Crippen LogP contribution in [0.5, 0.6) is 0 Å². The van der Waals surface area contributed by atoms with Crippen molar-refractivity contribution >= 4 is 5.78 Å². The number of benzene rings is 1. The van der Waals surface area contributed by atoms with Crippen LogP contribution in [0.3, 0.4) is 0 Å². The molecule has 1 aromatic carbocycles. The Morgan fingerprint density at radius 3 is 2.55 bits per heavy atom. The van der Waals surface area contributed by atoms with Gasteiger partial charge in [-0.25, -0.2) is 8.78 Å². The lowest BCUT2D eigenvalue weighted by molar-refractivity contribution is 0.0785. The molecule has 0 aromatic heterocycles. The van der Waals surface area contributed by atoms with Crippen LogP contribution in [-0.2, 0) is 0 Å². The number of likely N-dealkylation sites (tertiary alicyclic amines) is 1. The Kier molecular flexibility index (Phi) is 4.53. The van der Waals surface area contributed by atoms with Gasteiger partial charge in [0, 0.05) is 11.6 Å². The lowest BCUT2D eigenvalue weighted by Crippen LogP contribution is -2.44. The fourth-order valence-corrected chi connectivity index (χ4v) is 3.05. The topological polar surface area (TPSA) is 20.3 Å². The largest absolute Gasteiger partial charge is 0.292 e. The Morgan fingerprint density at radius 1 is 1.25 bits per heavy atom. The van der Waals surface area contributed by atoms with Gasteiger partial charge in [-0.2, -0.15) is 0 Å². The molecule has 2 atom stereocenters. The molecule has 0 N–H and O–H groups in total. The van der Waals surface area contributed by atoms with Crippen molar-refractivity contribution < 1.29 is 13.6 Å². The smallest absolute Gasteiger partial charge is 0.179 e. The van der Waals surface area contributed by atoms with Crippen LogP contribution in [0, 0.1) is 17.6 Å². The zero-order chi connectivity index (χ0) is 14.9. The summed E-state index contributed by atoms with van der Waals surface area (Å²) < 4.78 is 26.2. The molecule has 1 heterocycles. The summed E-state index contributed by atoms with van der Waals surface area (Å²) in [5.41, 5.74) is 0.241. The third-order valence-electron chi connectivity index (χ3n) is 4.19. The number of ketones is 1. The first-order valence-corrected chi connectivity index (χ1v) is 7.17. The minimum absolute atomic E-state index is 0.142. The number of hydrogen-bond donors (Lipinski definition) is 0. The summed E-state index contributed by atoms with van der Waals surface area (Å²) in [6, 6.07) is 3.46. The zero-order valence-electron chi connectivity index (χ0n) is 12.2. The van der Waals surface area contributed by atoms with Gasteiger partial charge < -0.3 is 0 Å². The molecule has 2 rings (SSSR count). The van der Waals surface area contributed by atoms with E-state index in [1.807, 2.05) is 6.92 Å². The first kappa shape index (κ1) is 15.1. The molecule has 4 heteroatoms. The Hall–Kier alpha value is -1.29. The molecular formula is C16H21F2NO. The summed E-state index contributed by atoms with van der Waals surface area (Å²) in [6.45, 7) is 7.04. The van der Waals surface area contributed by atoms with Gasteiger partial charge >= 0.3 is 0 Å². The van der Waals surface area contributed by atoms with Crippen molar-refractivity contribution in [1.29, 1.82) is 0 Å². The lowest BCUT2D eigenvalue weighted by atomic mass is 9.98. The van der Waals surface area contributed by atoms with Crippen molar-refractivity contribution in [2.24, 2.45) is 5.92 Å². The first-order chi connectivity index (χ1) is 9.41. The fraction of sp³-hybridized carbons (Fsp3) is 0.562. The molecule has 0 spiro atoms. The van der Waals surface area contributed by atoms with Crippen LogP contribution in [0.2, 0.25) is 0 Å². The normalized spacial score (nSPS) is 21.4. The number of Topliss-reactive ketones (excluding diaryl/α,β-unsaturated/α-hetero) is 1. The van der Waals surface area contributed by atoms with Gasteiger partial charge in [-0.05, 0) is 50.4 Å². The Morgan fingerprint density at radius 2 is 1.95 bits per heavy atom. The van der Waals surface area contributed by atoms with Crippen molar-refractivity contribution in [2.75, 3.05) is 6.54 Å². The Balaban J connectivity index is 2.17. The molecule has 0 bridgehead atoms. The van der Waals surface area contributed by atoms with Gasteiger partial charge in [0.25, 0.3) is 0 Å². The van der Waals surface area contributed by atoms with Crippen LogP contribution >= 0.6 is 0 Å². The molecule has 2 unspecified atom stereocenters. The van der Waals surface area contributed by atoms with Gasteiger partial charge in [0.05, 0.1) is 6.04 Å². The molecule has 0 radical (unpaired) electrons. The van der Waals surface area contributed by atoms with Gasteiger partial charge in [-0.1, -0.05) is 13.8 Å². The maximum absolute atomic E-state index is 13.2. The van der Waals surface area contributed by atoms with Crippen LogP contribution in [0.15, 0.2) is 18.2 Å². The monoisotopic (exact) mass is 281 g/mol. The molecule has 1 aromatic rings. The van der Waals surface area contributed by atoms with Crippen LogP contribution in [-0.4, -0.2) is 29.3 Å². The third-order valence-corrected chi connectivity index (χ3v) is 4.19. The van der Waals surface area contributed by atoms with E-state index in [9.17, 15) is 13.6 Å². The Labute approximate surface area is 118 Å². The van der Waals surface area contributed by atoms with E-state index in [0.29, 0.717) is 12.0 Å². The molecule has 0 saturated carbocycles. The number of halogens is 2. The SMILES string of the molecule is CC(C)C1CCCN1C(C)C(=O)c1ccc(F)c(F)c1. The number of nitrogens with zero attached hydrogens (tertiary/aromatic N) is 1. The van der Waals surface area contributed by atoms with Crippen molar-refractivity contribution in [1.82, 2.24) is 4.90 Å². The highest BCUT2D eigenvalue weighted by Gasteiger charge is 2.33. The summed E-state index contributed by atoms with van der Waals surface area (Å²) in [5.74, 6) is -1.55. The summed E-state index contributed by atoms with van der Waals surface area (Å²) in [4.78, 5) is 14.6. The van der Waals surface area contributed by atoms with E-state index in [-0.39, 0.29) is 17.4 Å². The minimum atomic E-state index is -0.968. The number of hydrogen-bond acceptors (Lipinski definition) is 2. The minimum Gasteiger partial charge on any atom is -0.292 e. The third kappa shape index (κ3) is 2.90. The first-order valence-electron chi connectivity index (χ1n) is 7.17. The second-order valence-electron chi connectivity index (χ2n) is 5.86. The summed E-state index contributed by atoms with van der Waals surface area (Å²) >= 11 is 0. The van der Waals surface area contributed by atoms with Gasteiger partial charge in [-0.15, -0.1) is 0 Å². The van der Waals surface area contributed by atoms with Gasteiger partial charge in [0.2, 0.25) is 0 Å². The zero-order valence-corrected chi connectivity index (χ0v) is 12.2. The van der Waals surface area contributed by atoms with Gasteiger partial charge in [-0.3, -0.25) is 9.69 Å². The van der Waals surface area contributed by atoms with E-state index >= 15 is 0 Å². The summed E-state index contributed by atoms with van der Waals surface area (Å²) in [7, 11) is 0. The average molecular weight is 281 g/mol. The molecule has 110 valence electrons. The van der Waals surface area contributed by atoms with Crippen LogP contribution in [0.1, 0.15) is 44.0 Å². The van der Waals surface area contributed by atoms with Crippen molar-refractivity contribution in [3.63, 3.8) is 0 Å². The standard InChI is InChI=1S/C16H21F2NO/c1-10(2)15-5-4-8-19(15)11(3)16(20)12-6-7-13(17)14(18)9-12/h6-7,9-11,15H,4-5,8H2,1-3H3. The molecular weight excluding hydrogens is 260 g/mol. The van der Waals surface area contributed by atoms with Gasteiger partial charge in [0.15, 0.2) is 17.4 Å². The van der Waals surface area contributed by atoms with E-state index in [2.05, 4.69) is 18.7 Å². The van der Waals surface area contributed by atoms with E-state index in [0.717, 1.165) is 31.5 Å². The summed E-state index contributed by atoms with van der Waals surface area (Å²) in [6.07, 6.45) is 2.17. The van der Waals surface area contributed by atoms with E-state index in [1.54, 1.807) is 0 Å². The predicted molar refractivity (Wildman–Crippen MR) is 74.7 cm³/mol. The summed E-state index contributed by atoms with van der Waals surface area (Å²) in [5, 5.41) is 0. The molecule has 0 amide bonds. The number of carbonyl (C=O) groups excluding carboxylic acids is 1. The van der Waals surface area contributed by atoms with E-state index in [1.165, 1.54) is 6.07 Å². The maximum Gasteiger partial charge on any atom is 0.179 e. The highest BCUT2D eigenvalue weighted by Crippen LogP contribution is 2.27. The molecule has 2 nitrogen and oxygen atoms in total. The lowest BCUT2D eigenvalue weighted by Gasteiger charge is -2.32. The Bertz CT molecular complexity index is 501. The average Bonchev–Trinajstić information content (AvgIpc) is 2.89. The van der Waals surface area contributed by atoms with E-state index in [4.69, 9.17) is 0 Å². The van der Waals surface area contributed by atoms with Crippen molar-refractivity contribution in [2.45, 2.75) is 45.7 Å². The maximum atomic E-state index is 13.2. The molecule has 0 aliphatic carbocycles. The van der Waals surface area contributed by atoms with Crippen LogP contribution in [0.4, 0.5) is 8.78 Å². The molecule has 1 fully saturated rings. The fourth-order valence-electron chi connectivity index (χ4n) is 3.05. The predicted octanol–water partition coefficient (Wildman–Crippen LogP) is 3.66. The molecule has 1 aliphatic rings. The van der Waals surface area contributed by atoms with Crippen molar-refractivity contribution in [3.8, 4) is 0 Å². The highest BCUT2D eigenvalue weighted by molar-refractivity contribution is 5.99. The van der Waals surface area contributed by atoms with Crippen molar-refractivity contribution in [3.05, 3.63) is 35.4 Å². The molecule has 1 aliphatic heterocycles. The number of rotatable bonds is 4. The highest BCUT2D eigenvalue weighted by atomic mass is 19.2. The van der Waals surface area contributed by atoms with Crippen LogP contribution in [0.25, 0.3) is 0 Å². The van der Waals surface area contributed by atoms with E-state index < -0.39 is 11.6 Å². The molecule has 20 heavy (non-hydrogen) atoms. The second kappa shape index (κ2) is 6.00. The van der Waals surface area contributed by atoms with Gasteiger partial charge in [0.1, 0.15) is 0 Å². The molecule has 1 saturated heterocycles. The number of carbonyl (C=O) groups is 1.